The lowest BCUT2D eigenvalue weighted by Crippen LogP contribution is -2.46. The Bertz CT molecular complexity index is 101. The first-order valence-electron chi connectivity index (χ1n) is 3.08. The molecule has 1 N–H and O–H groups in total. The SMILES string of the molecule is OCC1(Cl)CCC1CCl. The van der Waals surface area contributed by atoms with E-state index in [0.717, 1.165) is 12.8 Å². The molecule has 1 rings (SSSR count). The van der Waals surface area contributed by atoms with Crippen molar-refractivity contribution in [3.8, 4) is 0 Å². The summed E-state index contributed by atoms with van der Waals surface area (Å²) in [6.45, 7) is 0.0615. The summed E-state index contributed by atoms with van der Waals surface area (Å²) >= 11 is 11.5. The van der Waals surface area contributed by atoms with E-state index in [-0.39, 0.29) is 11.5 Å². The molecule has 9 heavy (non-hydrogen) atoms. The van der Waals surface area contributed by atoms with Crippen molar-refractivity contribution in [2.45, 2.75) is 17.7 Å². The van der Waals surface area contributed by atoms with E-state index in [9.17, 15) is 0 Å². The van der Waals surface area contributed by atoms with E-state index in [1.54, 1.807) is 0 Å². The van der Waals surface area contributed by atoms with Gasteiger partial charge in [0.2, 0.25) is 0 Å². The quantitative estimate of drug-likeness (QED) is 0.622. The number of rotatable bonds is 2. The summed E-state index contributed by atoms with van der Waals surface area (Å²) in [6.07, 6.45) is 1.97. The van der Waals surface area contributed by atoms with E-state index >= 15 is 0 Å². The Morgan fingerprint density at radius 1 is 1.67 bits per heavy atom. The van der Waals surface area contributed by atoms with Crippen molar-refractivity contribution >= 4 is 23.2 Å². The molecule has 1 nitrogen and oxygen atoms in total. The normalized spacial score (nSPS) is 42.3. The molecule has 0 aliphatic heterocycles. The largest absolute Gasteiger partial charge is 0.395 e. The van der Waals surface area contributed by atoms with Gasteiger partial charge in [0.25, 0.3) is 0 Å². The minimum Gasteiger partial charge on any atom is -0.395 e. The lowest BCUT2D eigenvalue weighted by atomic mass is 9.74. The summed E-state index contributed by atoms with van der Waals surface area (Å²) in [5, 5.41) is 8.76. The maximum atomic E-state index is 8.76. The third kappa shape index (κ3) is 1.19. The van der Waals surface area contributed by atoms with Gasteiger partial charge in [-0.25, -0.2) is 0 Å². The fourth-order valence-electron chi connectivity index (χ4n) is 1.09. The third-order valence-electron chi connectivity index (χ3n) is 2.09. The highest BCUT2D eigenvalue weighted by atomic mass is 35.5. The Kier molecular flexibility index (Phi) is 2.25. The fourth-order valence-corrected chi connectivity index (χ4v) is 1.91. The van der Waals surface area contributed by atoms with E-state index in [1.807, 2.05) is 0 Å². The highest BCUT2D eigenvalue weighted by Gasteiger charge is 2.43. The van der Waals surface area contributed by atoms with Crippen molar-refractivity contribution in [1.29, 1.82) is 0 Å². The molecule has 0 aromatic carbocycles. The van der Waals surface area contributed by atoms with E-state index in [4.69, 9.17) is 28.3 Å². The van der Waals surface area contributed by atoms with Crippen molar-refractivity contribution in [3.05, 3.63) is 0 Å². The minimum atomic E-state index is -0.373. The first-order chi connectivity index (χ1) is 4.23. The van der Waals surface area contributed by atoms with Gasteiger partial charge in [0, 0.05) is 5.88 Å². The molecule has 3 heteroatoms. The van der Waals surface area contributed by atoms with E-state index < -0.39 is 0 Å². The molecule has 1 saturated carbocycles. The predicted octanol–water partition coefficient (Wildman–Crippen LogP) is 1.61. The maximum Gasteiger partial charge on any atom is 0.0716 e. The molecule has 2 atom stereocenters. The summed E-state index contributed by atoms with van der Waals surface area (Å²) in [7, 11) is 0. The molecule has 54 valence electrons. The van der Waals surface area contributed by atoms with Gasteiger partial charge >= 0.3 is 0 Å². The third-order valence-corrected chi connectivity index (χ3v) is 3.08. The van der Waals surface area contributed by atoms with Gasteiger partial charge in [-0.2, -0.15) is 0 Å². The highest BCUT2D eigenvalue weighted by Crippen LogP contribution is 2.44. The molecule has 0 aromatic rings. The van der Waals surface area contributed by atoms with Crippen molar-refractivity contribution in [3.63, 3.8) is 0 Å². The number of hydrogen-bond donors (Lipinski definition) is 1. The fraction of sp³-hybridized carbons (Fsp3) is 1.00. The minimum absolute atomic E-state index is 0.0615. The second-order valence-corrected chi connectivity index (χ2v) is 3.64. The van der Waals surface area contributed by atoms with Crippen molar-refractivity contribution in [2.24, 2.45) is 5.92 Å². The van der Waals surface area contributed by atoms with Crippen LogP contribution in [0.15, 0.2) is 0 Å². The summed E-state index contributed by atoms with van der Waals surface area (Å²) in [5.74, 6) is 0.898. The van der Waals surface area contributed by atoms with Crippen LogP contribution < -0.4 is 0 Å². The number of aliphatic hydroxyl groups is 1. The molecule has 0 heterocycles. The molecule has 0 saturated heterocycles. The molecule has 1 aliphatic rings. The molecular formula is C6H10Cl2O. The zero-order chi connectivity index (χ0) is 6.91. The molecule has 0 radical (unpaired) electrons. The van der Waals surface area contributed by atoms with Crippen molar-refractivity contribution in [1.82, 2.24) is 0 Å². The smallest absolute Gasteiger partial charge is 0.0716 e. The molecule has 0 spiro atoms. The molecule has 1 aliphatic carbocycles. The maximum absolute atomic E-state index is 8.76. The average molecular weight is 169 g/mol. The Labute approximate surface area is 65.0 Å². The first-order valence-corrected chi connectivity index (χ1v) is 4.00. The molecule has 1 fully saturated rings. The van der Waals surface area contributed by atoms with Crippen LogP contribution in [0.4, 0.5) is 0 Å². The van der Waals surface area contributed by atoms with Gasteiger partial charge in [0.1, 0.15) is 0 Å². The number of aliphatic hydroxyl groups excluding tert-OH is 1. The molecular weight excluding hydrogens is 159 g/mol. The number of halogens is 2. The van der Waals surface area contributed by atoms with Crippen LogP contribution in [-0.2, 0) is 0 Å². The second-order valence-electron chi connectivity index (χ2n) is 2.58. The zero-order valence-corrected chi connectivity index (χ0v) is 6.62. The molecule has 2 unspecified atom stereocenters. The topological polar surface area (TPSA) is 20.2 Å². The molecule has 0 amide bonds. The number of hydrogen-bond acceptors (Lipinski definition) is 1. The Hall–Kier alpha value is 0.540. The summed E-state index contributed by atoms with van der Waals surface area (Å²) in [5.41, 5.74) is 0. The van der Waals surface area contributed by atoms with Gasteiger partial charge < -0.3 is 5.11 Å². The van der Waals surface area contributed by atoms with Crippen LogP contribution in [0.3, 0.4) is 0 Å². The van der Waals surface area contributed by atoms with E-state index in [1.165, 1.54) is 0 Å². The molecule has 0 aromatic heterocycles. The summed E-state index contributed by atoms with van der Waals surface area (Å²) in [4.78, 5) is -0.373. The second kappa shape index (κ2) is 2.65. The van der Waals surface area contributed by atoms with Crippen LogP contribution in [-0.4, -0.2) is 22.5 Å². The van der Waals surface area contributed by atoms with Gasteiger partial charge in [-0.15, -0.1) is 23.2 Å². The van der Waals surface area contributed by atoms with Crippen molar-refractivity contribution in [2.75, 3.05) is 12.5 Å². The van der Waals surface area contributed by atoms with Crippen LogP contribution in [0.25, 0.3) is 0 Å². The Morgan fingerprint density at radius 2 is 2.33 bits per heavy atom. The van der Waals surface area contributed by atoms with Crippen LogP contribution in [0.5, 0.6) is 0 Å². The van der Waals surface area contributed by atoms with Crippen molar-refractivity contribution < 1.29 is 5.11 Å². The van der Waals surface area contributed by atoms with Crippen LogP contribution in [0.2, 0.25) is 0 Å². The van der Waals surface area contributed by atoms with Gasteiger partial charge in [0.15, 0.2) is 0 Å². The average Bonchev–Trinajstić information content (AvgIpc) is 1.85. The van der Waals surface area contributed by atoms with Crippen LogP contribution in [0.1, 0.15) is 12.8 Å². The lowest BCUT2D eigenvalue weighted by Gasteiger charge is -2.42. The summed E-state index contributed by atoms with van der Waals surface area (Å²) in [6, 6.07) is 0. The van der Waals surface area contributed by atoms with Gasteiger partial charge in [0.05, 0.1) is 11.5 Å². The van der Waals surface area contributed by atoms with Gasteiger partial charge in [-0.05, 0) is 18.8 Å². The molecule has 0 bridgehead atoms. The number of alkyl halides is 2. The van der Waals surface area contributed by atoms with Gasteiger partial charge in [-0.3, -0.25) is 0 Å². The first kappa shape index (κ1) is 7.64. The van der Waals surface area contributed by atoms with E-state index in [0.29, 0.717) is 11.8 Å². The van der Waals surface area contributed by atoms with Crippen LogP contribution in [0, 0.1) is 5.92 Å². The van der Waals surface area contributed by atoms with Crippen LogP contribution >= 0.6 is 23.2 Å². The van der Waals surface area contributed by atoms with Gasteiger partial charge in [-0.1, -0.05) is 0 Å². The standard InChI is InChI=1S/C6H10Cl2O/c7-3-5-1-2-6(5,8)4-9/h5,9H,1-4H2. The zero-order valence-electron chi connectivity index (χ0n) is 5.11. The van der Waals surface area contributed by atoms with E-state index in [2.05, 4.69) is 0 Å². The Balaban J connectivity index is 2.41. The summed E-state index contributed by atoms with van der Waals surface area (Å²) < 4.78 is 0. The monoisotopic (exact) mass is 168 g/mol. The predicted molar refractivity (Wildman–Crippen MR) is 39.1 cm³/mol. The Morgan fingerprint density at radius 3 is 2.44 bits per heavy atom. The highest BCUT2D eigenvalue weighted by molar-refractivity contribution is 6.26. The lowest BCUT2D eigenvalue weighted by molar-refractivity contribution is 0.131.